The number of carbonyl (C=O) groups excluding carboxylic acids is 1. The summed E-state index contributed by atoms with van der Waals surface area (Å²) in [6.45, 7) is 7.02. The van der Waals surface area contributed by atoms with E-state index in [1.54, 1.807) is 25.3 Å². The first kappa shape index (κ1) is 22.6. The van der Waals surface area contributed by atoms with E-state index in [4.69, 9.17) is 14.7 Å². The van der Waals surface area contributed by atoms with Crippen LogP contribution in [0.1, 0.15) is 36.0 Å². The predicted octanol–water partition coefficient (Wildman–Crippen LogP) is 3.77. The van der Waals surface area contributed by atoms with Crippen LogP contribution in [0.25, 0.3) is 0 Å². The van der Waals surface area contributed by atoms with Crippen molar-refractivity contribution in [3.63, 3.8) is 0 Å². The van der Waals surface area contributed by atoms with E-state index in [1.165, 1.54) is 11.1 Å². The SMILES string of the molecule is COc1cc(C#N)ccc1OCCCC(=O)N1CCCN(Cc2ccccc2C)CC1. The summed E-state index contributed by atoms with van der Waals surface area (Å²) in [5.41, 5.74) is 3.20. The molecule has 1 fully saturated rings. The fourth-order valence-corrected chi connectivity index (χ4v) is 3.83. The van der Waals surface area contributed by atoms with Crippen LogP contribution in [0, 0.1) is 18.3 Å². The minimum absolute atomic E-state index is 0.188. The molecule has 164 valence electrons. The third-order valence-corrected chi connectivity index (χ3v) is 5.68. The molecule has 0 spiro atoms. The summed E-state index contributed by atoms with van der Waals surface area (Å²) < 4.78 is 11.1. The lowest BCUT2D eigenvalue weighted by atomic mass is 10.1. The molecule has 0 aromatic heterocycles. The van der Waals surface area contributed by atoms with E-state index in [9.17, 15) is 4.79 Å². The molecule has 6 heteroatoms. The van der Waals surface area contributed by atoms with E-state index in [2.05, 4.69) is 42.2 Å². The van der Waals surface area contributed by atoms with Crippen molar-refractivity contribution in [2.24, 2.45) is 0 Å². The number of amides is 1. The van der Waals surface area contributed by atoms with E-state index in [0.717, 1.165) is 39.1 Å². The maximum atomic E-state index is 12.7. The van der Waals surface area contributed by atoms with Gasteiger partial charge in [0.05, 0.1) is 25.3 Å². The van der Waals surface area contributed by atoms with Crippen LogP contribution in [0.3, 0.4) is 0 Å². The Morgan fingerprint density at radius 1 is 1.10 bits per heavy atom. The highest BCUT2D eigenvalue weighted by molar-refractivity contribution is 5.76. The number of benzene rings is 2. The minimum Gasteiger partial charge on any atom is -0.493 e. The van der Waals surface area contributed by atoms with Crippen molar-refractivity contribution in [2.45, 2.75) is 32.7 Å². The highest BCUT2D eigenvalue weighted by atomic mass is 16.5. The normalized spacial score (nSPS) is 14.5. The van der Waals surface area contributed by atoms with Gasteiger partial charge in [0.15, 0.2) is 11.5 Å². The van der Waals surface area contributed by atoms with E-state index in [-0.39, 0.29) is 5.91 Å². The molecule has 0 bridgehead atoms. The number of nitriles is 1. The van der Waals surface area contributed by atoms with Crippen LogP contribution < -0.4 is 9.47 Å². The summed E-state index contributed by atoms with van der Waals surface area (Å²) in [5.74, 6) is 1.32. The van der Waals surface area contributed by atoms with Crippen molar-refractivity contribution >= 4 is 5.91 Å². The lowest BCUT2D eigenvalue weighted by Crippen LogP contribution is -2.35. The van der Waals surface area contributed by atoms with Crippen LogP contribution in [0.4, 0.5) is 0 Å². The number of ether oxygens (including phenoxy) is 2. The van der Waals surface area contributed by atoms with Gasteiger partial charge in [0, 0.05) is 45.2 Å². The topological polar surface area (TPSA) is 65.8 Å². The average molecular weight is 422 g/mol. The van der Waals surface area contributed by atoms with Crippen LogP contribution in [0.15, 0.2) is 42.5 Å². The maximum Gasteiger partial charge on any atom is 0.222 e. The molecule has 0 saturated carbocycles. The third kappa shape index (κ3) is 6.47. The number of hydrogen-bond donors (Lipinski definition) is 0. The van der Waals surface area contributed by atoms with Crippen molar-refractivity contribution < 1.29 is 14.3 Å². The summed E-state index contributed by atoms with van der Waals surface area (Å²) in [7, 11) is 1.55. The van der Waals surface area contributed by atoms with E-state index >= 15 is 0 Å². The molecule has 3 rings (SSSR count). The summed E-state index contributed by atoms with van der Waals surface area (Å²) in [4.78, 5) is 17.1. The van der Waals surface area contributed by atoms with Gasteiger partial charge in [-0.3, -0.25) is 9.69 Å². The Hall–Kier alpha value is -3.04. The van der Waals surface area contributed by atoms with E-state index in [0.29, 0.717) is 36.5 Å². The summed E-state index contributed by atoms with van der Waals surface area (Å²) in [5, 5.41) is 8.98. The van der Waals surface area contributed by atoms with Crippen LogP contribution in [0.2, 0.25) is 0 Å². The molecule has 0 aliphatic carbocycles. The zero-order chi connectivity index (χ0) is 22.1. The molecule has 31 heavy (non-hydrogen) atoms. The van der Waals surface area contributed by atoms with Crippen molar-refractivity contribution in [3.05, 3.63) is 59.2 Å². The van der Waals surface area contributed by atoms with Crippen LogP contribution in [0.5, 0.6) is 11.5 Å². The van der Waals surface area contributed by atoms with Gasteiger partial charge in [-0.2, -0.15) is 5.26 Å². The molecule has 1 aliphatic rings. The standard InChI is InChI=1S/C25H31N3O3/c1-20-7-3-4-8-22(20)19-27-12-6-13-28(15-14-27)25(29)9-5-16-31-23-11-10-21(18-26)17-24(23)30-2/h3-4,7-8,10-11,17H,5-6,9,12-16,19H2,1-2H3. The fourth-order valence-electron chi connectivity index (χ4n) is 3.83. The Balaban J connectivity index is 1.42. The zero-order valence-electron chi connectivity index (χ0n) is 18.5. The smallest absolute Gasteiger partial charge is 0.222 e. The quantitative estimate of drug-likeness (QED) is 0.607. The summed E-state index contributed by atoms with van der Waals surface area (Å²) in [6.07, 6.45) is 2.11. The molecule has 0 unspecified atom stereocenters. The van der Waals surface area contributed by atoms with E-state index in [1.807, 2.05) is 4.90 Å². The second-order valence-electron chi connectivity index (χ2n) is 7.87. The lowest BCUT2D eigenvalue weighted by molar-refractivity contribution is -0.131. The van der Waals surface area contributed by atoms with Gasteiger partial charge in [0.2, 0.25) is 5.91 Å². The third-order valence-electron chi connectivity index (χ3n) is 5.68. The number of methoxy groups -OCH3 is 1. The highest BCUT2D eigenvalue weighted by Gasteiger charge is 2.19. The molecule has 2 aromatic carbocycles. The molecule has 0 N–H and O–H groups in total. The lowest BCUT2D eigenvalue weighted by Gasteiger charge is -2.22. The number of carbonyl (C=O) groups is 1. The van der Waals surface area contributed by atoms with Crippen molar-refractivity contribution in [1.82, 2.24) is 9.80 Å². The Labute approximate surface area is 185 Å². The Bertz CT molecular complexity index is 922. The number of nitrogens with zero attached hydrogens (tertiary/aromatic N) is 3. The monoisotopic (exact) mass is 421 g/mol. The molecule has 0 atom stereocenters. The van der Waals surface area contributed by atoms with Gasteiger partial charge in [0.25, 0.3) is 0 Å². The largest absolute Gasteiger partial charge is 0.493 e. The van der Waals surface area contributed by atoms with Gasteiger partial charge in [-0.1, -0.05) is 24.3 Å². The molecular weight excluding hydrogens is 390 g/mol. The van der Waals surface area contributed by atoms with Gasteiger partial charge < -0.3 is 14.4 Å². The second-order valence-corrected chi connectivity index (χ2v) is 7.87. The molecular formula is C25H31N3O3. The van der Waals surface area contributed by atoms with Crippen LogP contribution >= 0.6 is 0 Å². The highest BCUT2D eigenvalue weighted by Crippen LogP contribution is 2.28. The molecule has 1 amide bonds. The Morgan fingerprint density at radius 2 is 1.94 bits per heavy atom. The molecule has 1 heterocycles. The van der Waals surface area contributed by atoms with Gasteiger partial charge in [-0.15, -0.1) is 0 Å². The summed E-state index contributed by atoms with van der Waals surface area (Å²) in [6, 6.07) is 15.7. The van der Waals surface area contributed by atoms with Crippen molar-refractivity contribution in [1.29, 1.82) is 5.26 Å². The van der Waals surface area contributed by atoms with Crippen LogP contribution in [-0.2, 0) is 11.3 Å². The number of hydrogen-bond acceptors (Lipinski definition) is 5. The number of aryl methyl sites for hydroxylation is 1. The first-order valence-corrected chi connectivity index (χ1v) is 10.9. The maximum absolute atomic E-state index is 12.7. The molecule has 1 saturated heterocycles. The van der Waals surface area contributed by atoms with Crippen molar-refractivity contribution in [2.75, 3.05) is 39.9 Å². The average Bonchev–Trinajstić information content (AvgIpc) is 3.03. The Kier molecular flexibility index (Phi) is 8.31. The minimum atomic E-state index is 0.188. The predicted molar refractivity (Wildman–Crippen MR) is 120 cm³/mol. The second kappa shape index (κ2) is 11.4. The van der Waals surface area contributed by atoms with Gasteiger partial charge in [0.1, 0.15) is 0 Å². The van der Waals surface area contributed by atoms with Crippen LogP contribution in [-0.4, -0.2) is 55.6 Å². The first-order chi connectivity index (χ1) is 15.1. The van der Waals surface area contributed by atoms with Crippen molar-refractivity contribution in [3.8, 4) is 17.6 Å². The number of rotatable bonds is 8. The molecule has 6 nitrogen and oxygen atoms in total. The molecule has 0 radical (unpaired) electrons. The molecule has 2 aromatic rings. The molecule has 1 aliphatic heterocycles. The first-order valence-electron chi connectivity index (χ1n) is 10.9. The van der Waals surface area contributed by atoms with Gasteiger partial charge >= 0.3 is 0 Å². The fraction of sp³-hybridized carbons (Fsp3) is 0.440. The zero-order valence-corrected chi connectivity index (χ0v) is 18.5. The summed E-state index contributed by atoms with van der Waals surface area (Å²) >= 11 is 0. The Morgan fingerprint density at radius 3 is 2.71 bits per heavy atom. The van der Waals surface area contributed by atoms with E-state index < -0.39 is 0 Å². The van der Waals surface area contributed by atoms with Gasteiger partial charge in [-0.25, -0.2) is 0 Å². The van der Waals surface area contributed by atoms with Gasteiger partial charge in [-0.05, 0) is 43.0 Å².